The van der Waals surface area contributed by atoms with Crippen molar-refractivity contribution in [1.82, 2.24) is 10.7 Å². The van der Waals surface area contributed by atoms with Crippen molar-refractivity contribution in [1.29, 1.82) is 0 Å². The number of benzene rings is 3. The Hall–Kier alpha value is -4.59. The van der Waals surface area contributed by atoms with Crippen molar-refractivity contribution in [3.63, 3.8) is 0 Å². The van der Waals surface area contributed by atoms with E-state index in [4.69, 9.17) is 14.2 Å². The molecule has 0 spiro atoms. The third-order valence-electron chi connectivity index (χ3n) is 5.54. The number of alkyl halides is 3. The molecule has 3 aromatic rings. The smallest absolute Gasteiger partial charge is 0.418 e. The SMILES string of the molecule is COc1ccc(CCNC(=O)C(=O)N/N=C\c2ccc(OCC(=O)Nc3ccc(Br)cc3C(F)(F)F)cc2)cc1OC. The normalized spacial score (nSPS) is 11.1. The number of nitrogens with zero attached hydrogens (tertiary/aromatic N) is 1. The Morgan fingerprint density at radius 2 is 1.64 bits per heavy atom. The average molecular weight is 651 g/mol. The first-order valence-electron chi connectivity index (χ1n) is 12.2. The summed E-state index contributed by atoms with van der Waals surface area (Å²) in [6.07, 6.45) is -2.91. The Balaban J connectivity index is 1.42. The number of nitrogens with one attached hydrogen (secondary N) is 3. The molecule has 0 saturated heterocycles. The number of halogens is 4. The number of hydrogen-bond donors (Lipinski definition) is 3. The number of methoxy groups -OCH3 is 2. The molecule has 42 heavy (non-hydrogen) atoms. The Morgan fingerprint density at radius 1 is 0.929 bits per heavy atom. The van der Waals surface area contributed by atoms with Crippen LogP contribution in [0.1, 0.15) is 16.7 Å². The lowest BCUT2D eigenvalue weighted by Crippen LogP contribution is -2.38. The number of anilines is 1. The maximum absolute atomic E-state index is 13.2. The zero-order valence-electron chi connectivity index (χ0n) is 22.4. The lowest BCUT2D eigenvalue weighted by Gasteiger charge is -2.14. The minimum atomic E-state index is -4.65. The Labute approximate surface area is 247 Å². The van der Waals surface area contributed by atoms with Crippen LogP contribution in [0.4, 0.5) is 18.9 Å². The summed E-state index contributed by atoms with van der Waals surface area (Å²) in [5, 5.41) is 8.43. The summed E-state index contributed by atoms with van der Waals surface area (Å²) in [6, 6.07) is 14.8. The second-order valence-corrected chi connectivity index (χ2v) is 9.40. The van der Waals surface area contributed by atoms with Crippen LogP contribution in [-0.4, -0.2) is 51.3 Å². The van der Waals surface area contributed by atoms with Crippen LogP contribution < -0.4 is 30.3 Å². The summed E-state index contributed by atoms with van der Waals surface area (Å²) < 4.78 is 55.6. The topological polar surface area (TPSA) is 127 Å². The number of hydrogen-bond acceptors (Lipinski definition) is 7. The lowest BCUT2D eigenvalue weighted by molar-refractivity contribution is -0.139. The Kier molecular flexibility index (Phi) is 11.3. The van der Waals surface area contributed by atoms with E-state index < -0.39 is 36.1 Å². The molecule has 0 saturated carbocycles. The molecule has 10 nitrogen and oxygen atoms in total. The number of carbonyl (C=O) groups excluding carboxylic acids is 3. The van der Waals surface area contributed by atoms with Crippen molar-refractivity contribution in [2.75, 3.05) is 32.7 Å². The van der Waals surface area contributed by atoms with Crippen LogP contribution in [0.3, 0.4) is 0 Å². The van der Waals surface area contributed by atoms with Gasteiger partial charge in [0.05, 0.1) is 31.7 Å². The highest BCUT2D eigenvalue weighted by molar-refractivity contribution is 9.10. The maximum Gasteiger partial charge on any atom is 0.418 e. The average Bonchev–Trinajstić information content (AvgIpc) is 2.96. The van der Waals surface area contributed by atoms with Crippen molar-refractivity contribution in [3.8, 4) is 17.2 Å². The van der Waals surface area contributed by atoms with Crippen molar-refractivity contribution >= 4 is 45.6 Å². The summed E-state index contributed by atoms with van der Waals surface area (Å²) in [5.41, 5.74) is 2.15. The molecular weight excluding hydrogens is 625 g/mol. The zero-order chi connectivity index (χ0) is 30.7. The van der Waals surface area contributed by atoms with Crippen molar-refractivity contribution in [2.45, 2.75) is 12.6 Å². The predicted octanol–water partition coefficient (Wildman–Crippen LogP) is 4.31. The van der Waals surface area contributed by atoms with Gasteiger partial charge in [-0.05, 0) is 72.1 Å². The van der Waals surface area contributed by atoms with Crippen molar-refractivity contribution in [3.05, 3.63) is 81.8 Å². The first kappa shape index (κ1) is 31.9. The lowest BCUT2D eigenvalue weighted by atomic mass is 10.1. The van der Waals surface area contributed by atoms with E-state index in [0.29, 0.717) is 23.5 Å². The van der Waals surface area contributed by atoms with Gasteiger partial charge < -0.3 is 24.8 Å². The van der Waals surface area contributed by atoms with Gasteiger partial charge in [0, 0.05) is 11.0 Å². The first-order chi connectivity index (χ1) is 20.0. The molecule has 0 aromatic heterocycles. The largest absolute Gasteiger partial charge is 0.493 e. The number of carbonyl (C=O) groups is 3. The second kappa shape index (κ2) is 14.9. The van der Waals surface area contributed by atoms with Gasteiger partial charge in [-0.15, -0.1) is 0 Å². The number of ether oxygens (including phenoxy) is 3. The molecular formula is C28H26BrF3N4O6. The van der Waals surface area contributed by atoms with Gasteiger partial charge in [0.25, 0.3) is 5.91 Å². The van der Waals surface area contributed by atoms with Gasteiger partial charge in [-0.2, -0.15) is 18.3 Å². The molecule has 3 N–H and O–H groups in total. The minimum absolute atomic E-state index is 0.206. The monoisotopic (exact) mass is 650 g/mol. The van der Waals surface area contributed by atoms with Crippen LogP contribution in [0, 0.1) is 0 Å². The number of rotatable bonds is 11. The molecule has 0 aliphatic rings. The standard InChI is InChI=1S/C28H26BrF3N4O6/c1-40-23-10-5-17(13-24(23)41-2)11-12-33-26(38)27(39)36-34-15-18-3-7-20(8-4-18)42-16-25(37)35-22-9-6-19(29)14-21(22)28(30,31)32/h3-10,13-15H,11-12,16H2,1-2H3,(H,33,38)(H,35,37)(H,36,39)/b34-15-. The van der Waals surface area contributed by atoms with Crippen LogP contribution >= 0.6 is 15.9 Å². The minimum Gasteiger partial charge on any atom is -0.493 e. The van der Waals surface area contributed by atoms with E-state index in [1.807, 2.05) is 6.07 Å². The number of amides is 3. The highest BCUT2D eigenvalue weighted by atomic mass is 79.9. The molecule has 0 radical (unpaired) electrons. The van der Waals surface area contributed by atoms with Gasteiger partial charge in [0.2, 0.25) is 0 Å². The summed E-state index contributed by atoms with van der Waals surface area (Å²) in [6.45, 7) is -0.324. The summed E-state index contributed by atoms with van der Waals surface area (Å²) in [4.78, 5) is 36.2. The van der Waals surface area contributed by atoms with E-state index in [1.54, 1.807) is 24.3 Å². The zero-order valence-corrected chi connectivity index (χ0v) is 24.0. The van der Waals surface area contributed by atoms with Gasteiger partial charge in [0.1, 0.15) is 5.75 Å². The molecule has 3 amide bonds. The van der Waals surface area contributed by atoms with E-state index in [9.17, 15) is 27.6 Å². The predicted molar refractivity (Wildman–Crippen MR) is 152 cm³/mol. The second-order valence-electron chi connectivity index (χ2n) is 8.49. The highest BCUT2D eigenvalue weighted by Crippen LogP contribution is 2.36. The van der Waals surface area contributed by atoms with Crippen LogP contribution in [0.2, 0.25) is 0 Å². The third kappa shape index (κ3) is 9.51. The molecule has 0 unspecified atom stereocenters. The molecule has 14 heteroatoms. The van der Waals surface area contributed by atoms with E-state index in [2.05, 4.69) is 37.1 Å². The summed E-state index contributed by atoms with van der Waals surface area (Å²) in [7, 11) is 3.05. The van der Waals surface area contributed by atoms with Crippen LogP contribution in [0.25, 0.3) is 0 Å². The Morgan fingerprint density at radius 3 is 2.31 bits per heavy atom. The van der Waals surface area contributed by atoms with E-state index in [0.717, 1.165) is 17.7 Å². The molecule has 0 bridgehead atoms. The molecule has 3 aromatic carbocycles. The van der Waals surface area contributed by atoms with E-state index in [-0.39, 0.29) is 22.5 Å². The van der Waals surface area contributed by atoms with E-state index >= 15 is 0 Å². The quantitative estimate of drug-likeness (QED) is 0.161. The third-order valence-corrected chi connectivity index (χ3v) is 6.04. The fourth-order valence-corrected chi connectivity index (χ4v) is 3.86. The van der Waals surface area contributed by atoms with Gasteiger partial charge in [-0.3, -0.25) is 14.4 Å². The van der Waals surface area contributed by atoms with Crippen LogP contribution in [-0.2, 0) is 27.0 Å². The summed E-state index contributed by atoms with van der Waals surface area (Å²) in [5.74, 6) is -1.19. The molecule has 0 atom stereocenters. The van der Waals surface area contributed by atoms with Gasteiger partial charge in [0.15, 0.2) is 18.1 Å². The van der Waals surface area contributed by atoms with Crippen molar-refractivity contribution < 1.29 is 41.8 Å². The molecule has 0 fully saturated rings. The first-order valence-corrected chi connectivity index (χ1v) is 13.0. The van der Waals surface area contributed by atoms with Crippen LogP contribution in [0.5, 0.6) is 17.2 Å². The highest BCUT2D eigenvalue weighted by Gasteiger charge is 2.34. The van der Waals surface area contributed by atoms with E-state index in [1.165, 1.54) is 38.6 Å². The molecule has 0 heterocycles. The molecule has 222 valence electrons. The molecule has 0 aliphatic carbocycles. The van der Waals surface area contributed by atoms with Crippen LogP contribution in [0.15, 0.2) is 70.2 Å². The molecule has 3 rings (SSSR count). The maximum atomic E-state index is 13.2. The van der Waals surface area contributed by atoms with Crippen molar-refractivity contribution in [2.24, 2.45) is 5.10 Å². The number of hydrazone groups is 1. The fraction of sp³-hybridized carbons (Fsp3) is 0.214. The van der Waals surface area contributed by atoms with Gasteiger partial charge in [-0.1, -0.05) is 22.0 Å². The van der Waals surface area contributed by atoms with Gasteiger partial charge in [-0.25, -0.2) is 5.43 Å². The Bertz CT molecular complexity index is 1450. The molecule has 0 aliphatic heterocycles. The van der Waals surface area contributed by atoms with Gasteiger partial charge >= 0.3 is 18.0 Å². The summed E-state index contributed by atoms with van der Waals surface area (Å²) >= 11 is 2.98. The fourth-order valence-electron chi connectivity index (χ4n) is 3.50.